The average molecular weight is 466 g/mol. The van der Waals surface area contributed by atoms with Crippen molar-refractivity contribution in [1.29, 1.82) is 5.26 Å². The van der Waals surface area contributed by atoms with E-state index in [1.165, 1.54) is 6.07 Å². The summed E-state index contributed by atoms with van der Waals surface area (Å²) in [6, 6.07) is 3.90. The third-order valence-corrected chi connectivity index (χ3v) is 5.48. The van der Waals surface area contributed by atoms with E-state index in [1.54, 1.807) is 6.92 Å². The van der Waals surface area contributed by atoms with E-state index in [9.17, 15) is 26.3 Å². The Morgan fingerprint density at radius 1 is 1.22 bits per heavy atom. The van der Waals surface area contributed by atoms with Crippen molar-refractivity contribution >= 4 is 5.69 Å². The maximum atomic E-state index is 13.6. The fourth-order valence-corrected chi connectivity index (χ4v) is 3.73. The van der Waals surface area contributed by atoms with E-state index in [2.05, 4.69) is 5.32 Å². The van der Waals surface area contributed by atoms with Crippen LogP contribution in [0.2, 0.25) is 0 Å². The second-order valence-electron chi connectivity index (χ2n) is 7.78. The van der Waals surface area contributed by atoms with Gasteiger partial charge < -0.3 is 19.7 Å². The Hall–Kier alpha value is -2.07. The topological polar surface area (TPSA) is 60.8 Å². The number of nitrogens with zero attached hydrogens (tertiary/aromatic N) is 3. The number of rotatable bonds is 5. The van der Waals surface area contributed by atoms with Gasteiger partial charge in [0.2, 0.25) is 6.23 Å². The highest BCUT2D eigenvalue weighted by atomic mass is 19.4. The molecule has 0 aliphatic carbocycles. The van der Waals surface area contributed by atoms with Gasteiger partial charge in [0.05, 0.1) is 30.0 Å². The number of anilines is 1. The number of benzene rings is 1. The molecule has 1 N–H and O–H groups in total. The molecule has 3 unspecified atom stereocenters. The summed E-state index contributed by atoms with van der Waals surface area (Å²) in [6.07, 6.45) is -12.9. The first-order chi connectivity index (χ1) is 15.0. The third-order valence-electron chi connectivity index (χ3n) is 5.48. The highest BCUT2D eigenvalue weighted by Gasteiger charge is 2.52. The predicted octanol–water partition coefficient (Wildman–Crippen LogP) is 3.33. The second-order valence-corrected chi connectivity index (χ2v) is 7.78. The van der Waals surface area contributed by atoms with Gasteiger partial charge in [-0.1, -0.05) is 0 Å². The summed E-state index contributed by atoms with van der Waals surface area (Å²) >= 11 is 0. The monoisotopic (exact) mass is 466 g/mol. The molecule has 3 rings (SSSR count). The van der Waals surface area contributed by atoms with E-state index < -0.39 is 41.9 Å². The lowest BCUT2D eigenvalue weighted by Gasteiger charge is -2.27. The molecule has 178 valence electrons. The molecule has 1 aromatic carbocycles. The third kappa shape index (κ3) is 5.83. The maximum Gasteiger partial charge on any atom is 0.433 e. The quantitative estimate of drug-likeness (QED) is 0.672. The zero-order valence-electron chi connectivity index (χ0n) is 17.3. The lowest BCUT2D eigenvalue weighted by Crippen LogP contribution is -2.42. The first-order valence-electron chi connectivity index (χ1n) is 10.2. The van der Waals surface area contributed by atoms with Crippen LogP contribution in [0.25, 0.3) is 0 Å². The van der Waals surface area contributed by atoms with Gasteiger partial charge in [-0.25, -0.2) is 0 Å². The van der Waals surface area contributed by atoms with Gasteiger partial charge in [0.15, 0.2) is 0 Å². The summed E-state index contributed by atoms with van der Waals surface area (Å²) in [5.41, 5.74) is -2.28. The van der Waals surface area contributed by atoms with E-state index in [4.69, 9.17) is 14.7 Å². The number of ether oxygens (including phenoxy) is 2. The minimum Gasteiger partial charge on any atom is -0.360 e. The van der Waals surface area contributed by atoms with E-state index in [0.29, 0.717) is 6.07 Å². The molecule has 0 bridgehead atoms. The van der Waals surface area contributed by atoms with Crippen LogP contribution in [0.3, 0.4) is 0 Å². The van der Waals surface area contributed by atoms with Crippen molar-refractivity contribution < 1.29 is 35.8 Å². The molecule has 2 saturated heterocycles. The van der Waals surface area contributed by atoms with Crippen LogP contribution < -0.4 is 10.2 Å². The SMILES string of the molecule is CC(OCN1CCCNCC1)C1CN(c2ccc(C#N)c(C(F)(F)F)c2)C(C(F)(F)F)O1. The first-order valence-corrected chi connectivity index (χ1v) is 10.2. The maximum absolute atomic E-state index is 13.6. The Morgan fingerprint density at radius 3 is 2.62 bits per heavy atom. The van der Waals surface area contributed by atoms with Crippen LogP contribution in [-0.4, -0.2) is 69.0 Å². The van der Waals surface area contributed by atoms with Crippen molar-refractivity contribution in [3.63, 3.8) is 0 Å². The lowest BCUT2D eigenvalue weighted by atomic mass is 10.1. The largest absolute Gasteiger partial charge is 0.433 e. The summed E-state index contributed by atoms with van der Waals surface area (Å²) in [4.78, 5) is 2.76. The summed E-state index contributed by atoms with van der Waals surface area (Å²) < 4.78 is 91.7. The fraction of sp³-hybridized carbons (Fsp3) is 0.650. The normalized spacial score (nSPS) is 24.2. The highest BCUT2D eigenvalue weighted by Crippen LogP contribution is 2.39. The summed E-state index contributed by atoms with van der Waals surface area (Å²) in [5.74, 6) is 0. The van der Waals surface area contributed by atoms with Crippen molar-refractivity contribution in [3.05, 3.63) is 29.3 Å². The predicted molar refractivity (Wildman–Crippen MR) is 103 cm³/mol. The highest BCUT2D eigenvalue weighted by molar-refractivity contribution is 5.56. The molecular weight excluding hydrogens is 442 g/mol. The molecule has 0 saturated carbocycles. The van der Waals surface area contributed by atoms with Gasteiger partial charge in [-0.2, -0.15) is 31.6 Å². The standard InChI is InChI=1S/C20H24F6N4O2/c1-13(31-12-29-7-2-5-28-6-8-29)17-11-30(18(32-17)20(24,25)26)15-4-3-14(10-27)16(9-15)19(21,22)23/h3-4,9,13,17-18,28H,2,5-8,11-12H2,1H3. The molecule has 2 heterocycles. The van der Waals surface area contributed by atoms with Crippen LogP contribution in [0.5, 0.6) is 0 Å². The van der Waals surface area contributed by atoms with Crippen LogP contribution >= 0.6 is 0 Å². The molecule has 0 radical (unpaired) electrons. The Morgan fingerprint density at radius 2 is 1.97 bits per heavy atom. The molecule has 0 aromatic heterocycles. The van der Waals surface area contributed by atoms with Crippen molar-refractivity contribution in [2.75, 3.05) is 44.4 Å². The molecule has 6 nitrogen and oxygen atoms in total. The summed E-state index contributed by atoms with van der Waals surface area (Å²) in [7, 11) is 0. The van der Waals surface area contributed by atoms with Crippen molar-refractivity contribution in [3.8, 4) is 6.07 Å². The van der Waals surface area contributed by atoms with Gasteiger partial charge in [-0.15, -0.1) is 0 Å². The number of halogens is 6. The molecule has 3 atom stereocenters. The van der Waals surface area contributed by atoms with E-state index in [-0.39, 0.29) is 19.0 Å². The molecule has 0 amide bonds. The van der Waals surface area contributed by atoms with E-state index >= 15 is 0 Å². The summed E-state index contributed by atoms with van der Waals surface area (Å²) in [6.45, 7) is 4.67. The summed E-state index contributed by atoms with van der Waals surface area (Å²) in [5, 5.41) is 12.2. The number of alkyl halides is 6. The number of nitriles is 1. The Labute approximate surface area is 181 Å². The minimum atomic E-state index is -4.88. The number of nitrogens with one attached hydrogen (secondary N) is 1. The minimum absolute atomic E-state index is 0.217. The lowest BCUT2D eigenvalue weighted by molar-refractivity contribution is -0.222. The average Bonchev–Trinajstić information content (AvgIpc) is 3.03. The zero-order valence-corrected chi connectivity index (χ0v) is 17.3. The van der Waals surface area contributed by atoms with Crippen molar-refractivity contribution in [1.82, 2.24) is 10.2 Å². The van der Waals surface area contributed by atoms with E-state index in [1.807, 2.05) is 4.90 Å². The molecule has 0 spiro atoms. The Kier molecular flexibility index (Phi) is 7.54. The smallest absolute Gasteiger partial charge is 0.360 e. The van der Waals surface area contributed by atoms with Crippen LogP contribution in [-0.2, 0) is 15.7 Å². The van der Waals surface area contributed by atoms with Crippen LogP contribution in [0.15, 0.2) is 18.2 Å². The van der Waals surface area contributed by atoms with Crippen LogP contribution in [0.1, 0.15) is 24.5 Å². The molecule has 2 aliphatic rings. The Bertz CT molecular complexity index is 818. The van der Waals surface area contributed by atoms with Gasteiger partial charge in [-0.3, -0.25) is 4.90 Å². The van der Waals surface area contributed by atoms with Crippen molar-refractivity contribution in [2.45, 2.75) is 44.1 Å². The van der Waals surface area contributed by atoms with Crippen LogP contribution in [0.4, 0.5) is 32.0 Å². The number of hydrogen-bond acceptors (Lipinski definition) is 6. The van der Waals surface area contributed by atoms with E-state index in [0.717, 1.165) is 49.6 Å². The molecular formula is C20H24F6N4O2. The Balaban J connectivity index is 1.76. The van der Waals surface area contributed by atoms with Gasteiger partial charge >= 0.3 is 12.4 Å². The van der Waals surface area contributed by atoms with Crippen molar-refractivity contribution in [2.24, 2.45) is 0 Å². The second kappa shape index (κ2) is 9.82. The molecule has 1 aromatic rings. The van der Waals surface area contributed by atoms with Gasteiger partial charge in [0.25, 0.3) is 0 Å². The molecule has 2 fully saturated rings. The number of hydrogen-bond donors (Lipinski definition) is 1. The zero-order chi connectivity index (χ0) is 23.5. The molecule has 2 aliphatic heterocycles. The molecule has 12 heteroatoms. The fourth-order valence-electron chi connectivity index (χ4n) is 3.73. The van der Waals surface area contributed by atoms with Crippen LogP contribution in [0, 0.1) is 11.3 Å². The van der Waals surface area contributed by atoms with Gasteiger partial charge in [0, 0.05) is 31.9 Å². The van der Waals surface area contributed by atoms with Gasteiger partial charge in [-0.05, 0) is 38.1 Å². The first kappa shape index (κ1) is 24.6. The van der Waals surface area contributed by atoms with Gasteiger partial charge in [0.1, 0.15) is 6.10 Å². The molecule has 32 heavy (non-hydrogen) atoms.